The normalized spacial score (nSPS) is 11.0. The van der Waals surface area contributed by atoms with E-state index in [1.165, 1.54) is 12.1 Å². The lowest BCUT2D eigenvalue weighted by Gasteiger charge is -2.05. The van der Waals surface area contributed by atoms with Crippen LogP contribution in [0.15, 0.2) is 36.4 Å². The van der Waals surface area contributed by atoms with Gasteiger partial charge in [0.15, 0.2) is 11.5 Å². The molecule has 0 fully saturated rings. The summed E-state index contributed by atoms with van der Waals surface area (Å²) in [7, 11) is 0. The number of allylic oxidation sites excluding steroid dienone is 1. The van der Waals surface area contributed by atoms with Gasteiger partial charge in [0, 0.05) is 17.7 Å². The van der Waals surface area contributed by atoms with Gasteiger partial charge in [0.05, 0.1) is 0 Å². The Morgan fingerprint density at radius 2 is 1.40 bits per heavy atom. The molecule has 0 atom stereocenters. The molecule has 0 saturated carbocycles. The highest BCUT2D eigenvalue weighted by molar-refractivity contribution is 5.56. The van der Waals surface area contributed by atoms with Crippen molar-refractivity contribution < 1.29 is 25.5 Å². The van der Waals surface area contributed by atoms with Gasteiger partial charge in [0.1, 0.15) is 17.2 Å². The summed E-state index contributed by atoms with van der Waals surface area (Å²) in [6.45, 7) is 0. The topological polar surface area (TPSA) is 101 Å². The molecule has 20 heavy (non-hydrogen) atoms. The molecule has 2 rings (SSSR count). The minimum atomic E-state index is -0.220. The van der Waals surface area contributed by atoms with Crippen LogP contribution in [0, 0.1) is 0 Å². The van der Waals surface area contributed by atoms with Crippen LogP contribution < -0.4 is 0 Å². The van der Waals surface area contributed by atoms with Crippen LogP contribution in [-0.2, 0) is 6.42 Å². The lowest BCUT2D eigenvalue weighted by atomic mass is 10.1. The highest BCUT2D eigenvalue weighted by Crippen LogP contribution is 2.32. The minimum Gasteiger partial charge on any atom is -0.508 e. The molecular weight excluding hydrogens is 260 g/mol. The largest absolute Gasteiger partial charge is 0.508 e. The van der Waals surface area contributed by atoms with Crippen LogP contribution in [0.25, 0.3) is 6.08 Å². The van der Waals surface area contributed by atoms with E-state index in [1.54, 1.807) is 18.2 Å². The fraction of sp³-hybridized carbons (Fsp3) is 0.0667. The monoisotopic (exact) mass is 274 g/mol. The smallest absolute Gasteiger partial charge is 0.157 e. The van der Waals surface area contributed by atoms with Crippen molar-refractivity contribution in [2.75, 3.05) is 0 Å². The summed E-state index contributed by atoms with van der Waals surface area (Å²) < 4.78 is 0. The van der Waals surface area contributed by atoms with E-state index in [0.717, 1.165) is 12.1 Å². The molecule has 5 N–H and O–H groups in total. The lowest BCUT2D eigenvalue weighted by Crippen LogP contribution is -1.84. The van der Waals surface area contributed by atoms with Gasteiger partial charge in [-0.15, -0.1) is 0 Å². The van der Waals surface area contributed by atoms with Crippen LogP contribution in [0.3, 0.4) is 0 Å². The third-order valence-electron chi connectivity index (χ3n) is 2.82. The van der Waals surface area contributed by atoms with Gasteiger partial charge < -0.3 is 25.5 Å². The number of phenols is 5. The van der Waals surface area contributed by atoms with E-state index < -0.39 is 0 Å². The predicted octanol–water partition coefficient (Wildman–Crippen LogP) is 2.47. The molecule has 0 unspecified atom stereocenters. The Morgan fingerprint density at radius 1 is 0.750 bits per heavy atom. The molecule has 2 aromatic carbocycles. The molecule has 104 valence electrons. The number of hydrogen-bond acceptors (Lipinski definition) is 5. The van der Waals surface area contributed by atoms with Crippen molar-refractivity contribution in [2.45, 2.75) is 6.42 Å². The number of benzene rings is 2. The summed E-state index contributed by atoms with van der Waals surface area (Å²) in [5.74, 6) is -1.02. The maximum Gasteiger partial charge on any atom is 0.157 e. The van der Waals surface area contributed by atoms with Crippen LogP contribution >= 0.6 is 0 Å². The molecule has 0 spiro atoms. The fourth-order valence-corrected chi connectivity index (χ4v) is 1.79. The van der Waals surface area contributed by atoms with Gasteiger partial charge in [0.2, 0.25) is 0 Å². The zero-order valence-corrected chi connectivity index (χ0v) is 10.5. The van der Waals surface area contributed by atoms with Gasteiger partial charge in [-0.3, -0.25) is 0 Å². The maximum atomic E-state index is 9.62. The second kappa shape index (κ2) is 5.44. The summed E-state index contributed by atoms with van der Waals surface area (Å²) in [4.78, 5) is 0. The molecular formula is C15H14O5. The zero-order valence-electron chi connectivity index (χ0n) is 10.5. The molecule has 0 aliphatic heterocycles. The minimum absolute atomic E-state index is 0.194. The first-order valence-corrected chi connectivity index (χ1v) is 5.89. The summed E-state index contributed by atoms with van der Waals surface area (Å²) in [6.07, 6.45) is 3.60. The summed E-state index contributed by atoms with van der Waals surface area (Å²) >= 11 is 0. The highest BCUT2D eigenvalue weighted by atomic mass is 16.3. The summed E-state index contributed by atoms with van der Waals surface area (Å²) in [6, 6.07) is 6.67. The quantitative estimate of drug-likeness (QED) is 0.553. The lowest BCUT2D eigenvalue weighted by molar-refractivity contribution is 0.403. The Labute approximate surface area is 115 Å². The first kappa shape index (κ1) is 13.6. The van der Waals surface area contributed by atoms with Crippen molar-refractivity contribution in [3.8, 4) is 28.7 Å². The zero-order chi connectivity index (χ0) is 14.7. The first-order valence-electron chi connectivity index (χ1n) is 5.89. The summed E-state index contributed by atoms with van der Waals surface area (Å²) in [5, 5.41) is 47.0. The standard InChI is InChI=1S/C15H14O5/c16-10-7-13(18)11(14(19)8-10)3-1-2-9-4-5-12(17)15(20)6-9/h1-2,4-8,16-20H,3H2/b2-1+. The molecule has 2 aromatic rings. The van der Waals surface area contributed by atoms with E-state index in [2.05, 4.69) is 0 Å². The molecule has 5 heteroatoms. The highest BCUT2D eigenvalue weighted by Gasteiger charge is 2.07. The molecule has 0 bridgehead atoms. The van der Waals surface area contributed by atoms with Crippen molar-refractivity contribution in [2.24, 2.45) is 0 Å². The van der Waals surface area contributed by atoms with E-state index in [0.29, 0.717) is 11.1 Å². The molecule has 0 aliphatic carbocycles. The van der Waals surface area contributed by atoms with Crippen molar-refractivity contribution in [1.29, 1.82) is 0 Å². The van der Waals surface area contributed by atoms with Gasteiger partial charge in [-0.1, -0.05) is 18.2 Å². The third kappa shape index (κ3) is 2.95. The second-order valence-electron chi connectivity index (χ2n) is 4.32. The van der Waals surface area contributed by atoms with E-state index in [-0.39, 0.29) is 35.2 Å². The maximum absolute atomic E-state index is 9.62. The third-order valence-corrected chi connectivity index (χ3v) is 2.82. The Kier molecular flexibility index (Phi) is 3.70. The Morgan fingerprint density at radius 3 is 2.00 bits per heavy atom. The molecule has 0 radical (unpaired) electrons. The van der Waals surface area contributed by atoms with Gasteiger partial charge in [-0.25, -0.2) is 0 Å². The molecule has 0 amide bonds. The van der Waals surface area contributed by atoms with Gasteiger partial charge in [-0.2, -0.15) is 0 Å². The molecule has 0 heterocycles. The van der Waals surface area contributed by atoms with Crippen molar-refractivity contribution in [3.05, 3.63) is 47.5 Å². The van der Waals surface area contributed by atoms with E-state index in [4.69, 9.17) is 0 Å². The van der Waals surface area contributed by atoms with E-state index in [1.807, 2.05) is 0 Å². The SMILES string of the molecule is Oc1cc(O)c(C/C=C/c2ccc(O)c(O)c2)c(O)c1. The second-order valence-corrected chi connectivity index (χ2v) is 4.32. The Hall–Kier alpha value is -2.82. The Bertz CT molecular complexity index is 638. The van der Waals surface area contributed by atoms with Gasteiger partial charge in [0.25, 0.3) is 0 Å². The first-order chi connectivity index (χ1) is 9.47. The van der Waals surface area contributed by atoms with Crippen LogP contribution in [0.1, 0.15) is 11.1 Å². The number of aromatic hydroxyl groups is 5. The van der Waals surface area contributed by atoms with Crippen LogP contribution in [-0.4, -0.2) is 25.5 Å². The molecule has 0 aromatic heterocycles. The van der Waals surface area contributed by atoms with Crippen molar-refractivity contribution in [3.63, 3.8) is 0 Å². The summed E-state index contributed by atoms with van der Waals surface area (Å²) in [5.41, 5.74) is 0.958. The van der Waals surface area contributed by atoms with Gasteiger partial charge in [-0.05, 0) is 24.1 Å². The predicted molar refractivity (Wildman–Crippen MR) is 73.9 cm³/mol. The van der Waals surface area contributed by atoms with Crippen molar-refractivity contribution in [1.82, 2.24) is 0 Å². The molecule has 5 nitrogen and oxygen atoms in total. The number of rotatable bonds is 3. The van der Waals surface area contributed by atoms with Gasteiger partial charge >= 0.3 is 0 Å². The van der Waals surface area contributed by atoms with Crippen molar-refractivity contribution >= 4 is 6.08 Å². The average molecular weight is 274 g/mol. The number of hydrogen-bond donors (Lipinski definition) is 5. The number of phenolic OH excluding ortho intramolecular Hbond substituents is 5. The Balaban J connectivity index is 2.16. The molecule has 0 saturated heterocycles. The fourth-order valence-electron chi connectivity index (χ4n) is 1.79. The van der Waals surface area contributed by atoms with E-state index >= 15 is 0 Å². The van der Waals surface area contributed by atoms with Crippen LogP contribution in [0.4, 0.5) is 0 Å². The molecule has 0 aliphatic rings. The van der Waals surface area contributed by atoms with Crippen LogP contribution in [0.5, 0.6) is 28.7 Å². The van der Waals surface area contributed by atoms with Crippen LogP contribution in [0.2, 0.25) is 0 Å². The average Bonchev–Trinajstić information content (AvgIpc) is 2.36. The van der Waals surface area contributed by atoms with E-state index in [9.17, 15) is 25.5 Å².